The van der Waals surface area contributed by atoms with Gasteiger partial charge in [0.2, 0.25) is 0 Å². The van der Waals surface area contributed by atoms with Gasteiger partial charge >= 0.3 is 0 Å². The van der Waals surface area contributed by atoms with E-state index in [0.717, 1.165) is 0 Å². The van der Waals surface area contributed by atoms with Gasteiger partial charge in [-0.15, -0.1) is 0 Å². The number of carbonyl (C=O) groups is 1. The van der Waals surface area contributed by atoms with Gasteiger partial charge in [0.15, 0.2) is 17.3 Å². The van der Waals surface area contributed by atoms with Crippen LogP contribution in [0.3, 0.4) is 0 Å². The van der Waals surface area contributed by atoms with Crippen LogP contribution >= 0.6 is 11.6 Å². The van der Waals surface area contributed by atoms with Gasteiger partial charge in [0.25, 0.3) is 5.91 Å². The topological polar surface area (TPSA) is 78.3 Å². The summed E-state index contributed by atoms with van der Waals surface area (Å²) in [5, 5.41) is 7.31. The maximum absolute atomic E-state index is 12.7. The molecule has 0 atom stereocenters. The Balaban J connectivity index is 1.64. The molecule has 1 N–H and O–H groups in total. The number of hydrogen-bond acceptors (Lipinski definition) is 5. The summed E-state index contributed by atoms with van der Waals surface area (Å²) in [4.78, 5) is 16.9. The third-order valence-corrected chi connectivity index (χ3v) is 3.90. The molecule has 1 aliphatic rings. The van der Waals surface area contributed by atoms with Crippen molar-refractivity contribution in [2.45, 2.75) is 0 Å². The summed E-state index contributed by atoms with van der Waals surface area (Å²) in [6.45, 7) is 0.849. The van der Waals surface area contributed by atoms with E-state index in [0.29, 0.717) is 46.8 Å². The minimum Gasteiger partial charge on any atom is -0.486 e. The fourth-order valence-corrected chi connectivity index (χ4v) is 2.77. The number of fused-ring (bicyclic) bond motifs is 1. The van der Waals surface area contributed by atoms with E-state index in [1.54, 1.807) is 53.6 Å². The summed E-state index contributed by atoms with van der Waals surface area (Å²) in [5.74, 6) is 1.11. The van der Waals surface area contributed by atoms with Crippen LogP contribution < -0.4 is 14.8 Å². The highest BCUT2D eigenvalue weighted by Gasteiger charge is 2.20. The Hall–Kier alpha value is -3.06. The molecule has 7 nitrogen and oxygen atoms in total. The highest BCUT2D eigenvalue weighted by molar-refractivity contribution is 6.32. The van der Waals surface area contributed by atoms with E-state index in [1.165, 1.54) is 0 Å². The number of hydrogen-bond donors (Lipinski definition) is 1. The van der Waals surface area contributed by atoms with E-state index >= 15 is 0 Å². The molecule has 2 aromatic heterocycles. The van der Waals surface area contributed by atoms with Crippen LogP contribution in [0.2, 0.25) is 5.02 Å². The lowest BCUT2D eigenvalue weighted by Gasteiger charge is -2.20. The number of carbonyl (C=O) groups excluding carboxylic acids is 1. The van der Waals surface area contributed by atoms with Gasteiger partial charge in [0, 0.05) is 24.2 Å². The van der Waals surface area contributed by atoms with Crippen LogP contribution in [0.15, 0.2) is 48.9 Å². The number of nitrogens with one attached hydrogen (secondary N) is 1. The second-order valence-corrected chi connectivity index (χ2v) is 5.67. The minimum atomic E-state index is -0.333. The van der Waals surface area contributed by atoms with Gasteiger partial charge in [0.1, 0.15) is 13.2 Å². The molecule has 0 saturated carbocycles. The van der Waals surface area contributed by atoms with Gasteiger partial charge in [-0.1, -0.05) is 11.6 Å². The van der Waals surface area contributed by atoms with Crippen LogP contribution in [0, 0.1) is 0 Å². The van der Waals surface area contributed by atoms with Crippen LogP contribution in [0.4, 0.5) is 5.69 Å². The minimum absolute atomic E-state index is 0.333. The zero-order valence-corrected chi connectivity index (χ0v) is 13.7. The van der Waals surface area contributed by atoms with Gasteiger partial charge in [-0.05, 0) is 30.3 Å². The molecule has 25 heavy (non-hydrogen) atoms. The van der Waals surface area contributed by atoms with Crippen molar-refractivity contribution in [2.24, 2.45) is 0 Å². The Morgan fingerprint density at radius 2 is 2.08 bits per heavy atom. The molecular formula is C17H13ClN4O3. The summed E-state index contributed by atoms with van der Waals surface area (Å²) < 4.78 is 12.6. The van der Waals surface area contributed by atoms with Crippen molar-refractivity contribution in [1.29, 1.82) is 0 Å². The van der Waals surface area contributed by atoms with Crippen molar-refractivity contribution < 1.29 is 14.3 Å². The van der Waals surface area contributed by atoms with Gasteiger partial charge < -0.3 is 14.8 Å². The first-order valence-corrected chi connectivity index (χ1v) is 7.96. The number of nitrogens with zero attached hydrogens (tertiary/aromatic N) is 3. The molecule has 4 rings (SSSR count). The Bertz CT molecular complexity index is 928. The van der Waals surface area contributed by atoms with Crippen molar-refractivity contribution in [3.8, 4) is 17.3 Å². The van der Waals surface area contributed by atoms with E-state index in [9.17, 15) is 4.79 Å². The number of halogens is 1. The van der Waals surface area contributed by atoms with Gasteiger partial charge in [0.05, 0.1) is 10.7 Å². The lowest BCUT2D eigenvalue weighted by Crippen LogP contribution is -2.18. The van der Waals surface area contributed by atoms with Gasteiger partial charge in [-0.25, -0.2) is 9.67 Å². The molecule has 0 fully saturated rings. The zero-order valence-electron chi connectivity index (χ0n) is 13.0. The second kappa shape index (κ2) is 6.45. The smallest absolute Gasteiger partial charge is 0.255 e. The number of aromatic nitrogens is 3. The van der Waals surface area contributed by atoms with Crippen molar-refractivity contribution in [1.82, 2.24) is 14.8 Å². The Morgan fingerprint density at radius 3 is 2.92 bits per heavy atom. The zero-order chi connectivity index (χ0) is 17.2. The summed E-state index contributed by atoms with van der Waals surface area (Å²) in [7, 11) is 0. The number of benzene rings is 1. The van der Waals surface area contributed by atoms with Crippen LogP contribution in [0.5, 0.6) is 11.5 Å². The summed E-state index contributed by atoms with van der Waals surface area (Å²) >= 11 is 6.20. The van der Waals surface area contributed by atoms with Gasteiger partial charge in [-0.3, -0.25) is 4.79 Å². The first kappa shape index (κ1) is 15.5. The largest absolute Gasteiger partial charge is 0.486 e. The Morgan fingerprint density at radius 1 is 1.20 bits per heavy atom. The normalized spacial score (nSPS) is 12.7. The number of amides is 1. The molecule has 1 amide bonds. The van der Waals surface area contributed by atoms with E-state index in [2.05, 4.69) is 15.4 Å². The average molecular weight is 357 g/mol. The third kappa shape index (κ3) is 3.01. The molecule has 0 aliphatic carbocycles. The molecule has 0 radical (unpaired) electrons. The average Bonchev–Trinajstić information content (AvgIpc) is 3.16. The highest BCUT2D eigenvalue weighted by Crippen LogP contribution is 2.38. The van der Waals surface area contributed by atoms with Crippen molar-refractivity contribution >= 4 is 23.2 Å². The fraction of sp³-hybridized carbons (Fsp3) is 0.118. The molecule has 0 bridgehead atoms. The Kier molecular flexibility index (Phi) is 3.99. The lowest BCUT2D eigenvalue weighted by molar-refractivity contribution is 0.102. The molecule has 1 aromatic carbocycles. The molecule has 1 aliphatic heterocycles. The second-order valence-electron chi connectivity index (χ2n) is 5.26. The monoisotopic (exact) mass is 356 g/mol. The number of pyridine rings is 1. The first-order chi connectivity index (χ1) is 12.2. The van der Waals surface area contributed by atoms with Crippen molar-refractivity contribution in [3.05, 3.63) is 59.5 Å². The molecule has 3 aromatic rings. The molecule has 0 spiro atoms. The quantitative estimate of drug-likeness (QED) is 0.780. The summed E-state index contributed by atoms with van der Waals surface area (Å²) in [6, 6.07) is 8.43. The number of ether oxygens (including phenoxy) is 2. The molecule has 3 heterocycles. The highest BCUT2D eigenvalue weighted by atomic mass is 35.5. The number of rotatable bonds is 3. The standard InChI is InChI=1S/C17H13ClN4O3/c18-12-9-11(10-14-15(12)25-8-7-24-14)17(23)21-13-3-1-4-19-16(13)22-6-2-5-20-22/h1-6,9-10H,7-8H2,(H,21,23). The molecule has 0 unspecified atom stereocenters. The molecular weight excluding hydrogens is 344 g/mol. The first-order valence-electron chi connectivity index (χ1n) is 7.58. The van der Waals surface area contributed by atoms with Gasteiger partial charge in [-0.2, -0.15) is 5.10 Å². The van der Waals surface area contributed by atoms with Crippen LogP contribution in [-0.2, 0) is 0 Å². The Labute approximate surface area is 148 Å². The summed E-state index contributed by atoms with van der Waals surface area (Å²) in [6.07, 6.45) is 5.02. The third-order valence-electron chi connectivity index (χ3n) is 3.62. The maximum atomic E-state index is 12.7. The van der Waals surface area contributed by atoms with Crippen LogP contribution in [0.25, 0.3) is 5.82 Å². The SMILES string of the molecule is O=C(Nc1cccnc1-n1cccn1)c1cc(Cl)c2c(c1)OCCO2. The lowest BCUT2D eigenvalue weighted by atomic mass is 10.1. The summed E-state index contributed by atoms with van der Waals surface area (Å²) in [5.41, 5.74) is 0.895. The maximum Gasteiger partial charge on any atom is 0.255 e. The van der Waals surface area contributed by atoms with Crippen LogP contribution in [-0.4, -0.2) is 33.9 Å². The predicted molar refractivity (Wildman–Crippen MR) is 91.8 cm³/mol. The van der Waals surface area contributed by atoms with Crippen molar-refractivity contribution in [3.63, 3.8) is 0 Å². The predicted octanol–water partition coefficient (Wildman–Crippen LogP) is 2.94. The van der Waals surface area contributed by atoms with Crippen LogP contribution in [0.1, 0.15) is 10.4 Å². The molecule has 126 valence electrons. The van der Waals surface area contributed by atoms with E-state index in [4.69, 9.17) is 21.1 Å². The van der Waals surface area contributed by atoms with E-state index < -0.39 is 0 Å². The van der Waals surface area contributed by atoms with Crippen molar-refractivity contribution in [2.75, 3.05) is 18.5 Å². The molecule has 8 heteroatoms. The fourth-order valence-electron chi connectivity index (χ4n) is 2.51. The van der Waals surface area contributed by atoms with E-state index in [-0.39, 0.29) is 5.91 Å². The van der Waals surface area contributed by atoms with E-state index in [1.807, 2.05) is 0 Å². The number of anilines is 1. The molecule has 0 saturated heterocycles.